The normalized spacial score (nSPS) is 23.1. The van der Waals surface area contributed by atoms with Crippen molar-refractivity contribution in [2.75, 3.05) is 55.7 Å². The van der Waals surface area contributed by atoms with E-state index >= 15 is 0 Å². The predicted molar refractivity (Wildman–Crippen MR) is 127 cm³/mol. The maximum atomic E-state index is 13.5. The van der Waals surface area contributed by atoms with Gasteiger partial charge in [-0.05, 0) is 18.6 Å². The fourth-order valence-electron chi connectivity index (χ4n) is 4.66. The van der Waals surface area contributed by atoms with Crippen LogP contribution < -0.4 is 14.5 Å². The zero-order valence-corrected chi connectivity index (χ0v) is 20.4. The standard InChI is InChI=1S/C25H32F3N5O2/c1-24(2,3)23-29-20(25(26,27)28)16-21(30-23)32-12-10-31(11-13-32)9-8-19-22(35-19)33-14-15-34-18-7-5-4-6-17(18)33/h4-7,16,19,22H,8-15H2,1-3H3. The van der Waals surface area contributed by atoms with Crippen molar-refractivity contribution in [2.24, 2.45) is 0 Å². The third-order valence-electron chi connectivity index (χ3n) is 6.73. The van der Waals surface area contributed by atoms with Crippen LogP contribution in [0.1, 0.15) is 38.7 Å². The first-order valence-electron chi connectivity index (χ1n) is 12.2. The minimum Gasteiger partial charge on any atom is -0.490 e. The van der Waals surface area contributed by atoms with Gasteiger partial charge in [0.15, 0.2) is 6.23 Å². The molecule has 0 bridgehead atoms. The first kappa shape index (κ1) is 24.1. The summed E-state index contributed by atoms with van der Waals surface area (Å²) in [6.45, 7) is 10.6. The van der Waals surface area contributed by atoms with E-state index in [1.807, 2.05) is 43.9 Å². The minimum atomic E-state index is -4.50. The van der Waals surface area contributed by atoms with Gasteiger partial charge in [-0.3, -0.25) is 4.90 Å². The Morgan fingerprint density at radius 1 is 1.00 bits per heavy atom. The molecule has 2 aromatic rings. The largest absolute Gasteiger partial charge is 0.490 e. The number of hydrogen-bond donors (Lipinski definition) is 0. The van der Waals surface area contributed by atoms with Gasteiger partial charge in [-0.2, -0.15) is 13.2 Å². The second-order valence-corrected chi connectivity index (χ2v) is 10.4. The molecule has 0 N–H and O–H groups in total. The van der Waals surface area contributed by atoms with E-state index < -0.39 is 17.3 Å². The highest BCUT2D eigenvalue weighted by atomic mass is 19.4. The second-order valence-electron chi connectivity index (χ2n) is 10.4. The van der Waals surface area contributed by atoms with Crippen LogP contribution >= 0.6 is 0 Å². The Hall–Kier alpha value is -2.59. The SMILES string of the molecule is CC(C)(C)c1nc(N2CCN(CCC3OC3N3CCOc4ccccc43)CC2)cc(C(F)(F)F)n1. The van der Waals surface area contributed by atoms with E-state index in [4.69, 9.17) is 9.47 Å². The first-order chi connectivity index (χ1) is 16.6. The van der Waals surface area contributed by atoms with Gasteiger partial charge in [0.1, 0.15) is 35.8 Å². The topological polar surface area (TPSA) is 57.3 Å². The van der Waals surface area contributed by atoms with Gasteiger partial charge in [0.05, 0.1) is 12.2 Å². The Kier molecular flexibility index (Phi) is 6.29. The lowest BCUT2D eigenvalue weighted by molar-refractivity contribution is -0.141. The highest BCUT2D eigenvalue weighted by molar-refractivity contribution is 5.60. The van der Waals surface area contributed by atoms with Crippen molar-refractivity contribution in [1.29, 1.82) is 0 Å². The molecule has 0 aliphatic carbocycles. The summed E-state index contributed by atoms with van der Waals surface area (Å²) in [6.07, 6.45) is -3.31. The Labute approximate surface area is 203 Å². The number of hydrogen-bond acceptors (Lipinski definition) is 7. The number of benzene rings is 1. The molecule has 0 amide bonds. The van der Waals surface area contributed by atoms with E-state index in [9.17, 15) is 13.2 Å². The molecular formula is C25H32F3N5O2. The summed E-state index contributed by atoms with van der Waals surface area (Å²) in [6, 6.07) is 9.11. The molecular weight excluding hydrogens is 459 g/mol. The van der Waals surface area contributed by atoms with Crippen molar-refractivity contribution >= 4 is 11.5 Å². The van der Waals surface area contributed by atoms with Crippen molar-refractivity contribution in [3.8, 4) is 5.75 Å². The van der Waals surface area contributed by atoms with Gasteiger partial charge in [0.25, 0.3) is 0 Å². The van der Waals surface area contributed by atoms with Gasteiger partial charge in [-0.15, -0.1) is 0 Å². The number of alkyl halides is 3. The zero-order valence-electron chi connectivity index (χ0n) is 20.4. The number of fused-ring (bicyclic) bond motifs is 1. The highest BCUT2D eigenvalue weighted by Crippen LogP contribution is 2.39. The van der Waals surface area contributed by atoms with Crippen LogP contribution in [0, 0.1) is 0 Å². The van der Waals surface area contributed by atoms with Gasteiger partial charge in [-0.25, -0.2) is 9.97 Å². The molecule has 0 saturated carbocycles. The molecule has 2 saturated heterocycles. The molecule has 0 radical (unpaired) electrons. The average molecular weight is 492 g/mol. The number of anilines is 2. The molecule has 3 aliphatic heterocycles. The Balaban J connectivity index is 1.15. The lowest BCUT2D eigenvalue weighted by Gasteiger charge is -2.36. The van der Waals surface area contributed by atoms with E-state index in [1.165, 1.54) is 0 Å². The molecule has 1 aromatic heterocycles. The van der Waals surface area contributed by atoms with E-state index in [0.717, 1.165) is 50.1 Å². The molecule has 3 aliphatic rings. The lowest BCUT2D eigenvalue weighted by Crippen LogP contribution is -2.47. The van der Waals surface area contributed by atoms with Crippen molar-refractivity contribution in [3.63, 3.8) is 0 Å². The van der Waals surface area contributed by atoms with Crippen molar-refractivity contribution < 1.29 is 22.6 Å². The van der Waals surface area contributed by atoms with Crippen LogP contribution in [-0.4, -0.2) is 73.1 Å². The van der Waals surface area contributed by atoms with Crippen LogP contribution in [-0.2, 0) is 16.3 Å². The van der Waals surface area contributed by atoms with Crippen molar-refractivity contribution in [2.45, 2.75) is 51.1 Å². The smallest absolute Gasteiger partial charge is 0.433 e. The molecule has 0 spiro atoms. The van der Waals surface area contributed by atoms with Gasteiger partial charge in [0, 0.05) is 44.2 Å². The monoisotopic (exact) mass is 491 g/mol. The molecule has 2 fully saturated rings. The summed E-state index contributed by atoms with van der Waals surface area (Å²) in [5.41, 5.74) is -0.367. The van der Waals surface area contributed by atoms with E-state index in [2.05, 4.69) is 25.8 Å². The van der Waals surface area contributed by atoms with Crippen LogP contribution in [0.15, 0.2) is 30.3 Å². The number of epoxide rings is 1. The number of ether oxygens (including phenoxy) is 2. The van der Waals surface area contributed by atoms with Crippen LogP contribution in [0.2, 0.25) is 0 Å². The molecule has 2 unspecified atom stereocenters. The van der Waals surface area contributed by atoms with Gasteiger partial charge >= 0.3 is 6.18 Å². The minimum absolute atomic E-state index is 0.0824. The zero-order chi connectivity index (χ0) is 24.8. The highest BCUT2D eigenvalue weighted by Gasteiger charge is 2.45. The molecule has 7 nitrogen and oxygen atoms in total. The maximum Gasteiger partial charge on any atom is 0.433 e. The summed E-state index contributed by atoms with van der Waals surface area (Å²) in [4.78, 5) is 14.9. The Bertz CT molecular complexity index is 1020. The number of para-hydroxylation sites is 2. The first-order valence-corrected chi connectivity index (χ1v) is 12.2. The quantitative estimate of drug-likeness (QED) is 0.588. The number of nitrogens with zero attached hydrogens (tertiary/aromatic N) is 5. The third kappa shape index (κ3) is 5.33. The molecule has 10 heteroatoms. The fourth-order valence-corrected chi connectivity index (χ4v) is 4.66. The Morgan fingerprint density at radius 3 is 2.46 bits per heavy atom. The fraction of sp³-hybridized carbons (Fsp3) is 0.600. The van der Waals surface area contributed by atoms with Crippen molar-refractivity contribution in [3.05, 3.63) is 41.9 Å². The molecule has 4 heterocycles. The van der Waals surface area contributed by atoms with E-state index in [1.54, 1.807) is 0 Å². The molecule has 190 valence electrons. The predicted octanol–water partition coefficient (Wildman–Crippen LogP) is 3.93. The number of piperazine rings is 1. The average Bonchev–Trinajstić information content (AvgIpc) is 3.61. The summed E-state index contributed by atoms with van der Waals surface area (Å²) >= 11 is 0. The third-order valence-corrected chi connectivity index (χ3v) is 6.73. The maximum absolute atomic E-state index is 13.5. The summed E-state index contributed by atoms with van der Waals surface area (Å²) in [5, 5.41) is 0. The molecule has 5 rings (SSSR count). The summed E-state index contributed by atoms with van der Waals surface area (Å²) in [7, 11) is 0. The second kappa shape index (κ2) is 9.13. The van der Waals surface area contributed by atoms with Gasteiger partial charge in [-0.1, -0.05) is 32.9 Å². The molecule has 1 aromatic carbocycles. The van der Waals surface area contributed by atoms with Crippen LogP contribution in [0.25, 0.3) is 0 Å². The number of aromatic nitrogens is 2. The van der Waals surface area contributed by atoms with Crippen LogP contribution in [0.5, 0.6) is 5.75 Å². The number of halogens is 3. The molecule has 35 heavy (non-hydrogen) atoms. The molecule has 2 atom stereocenters. The Morgan fingerprint density at radius 2 is 1.74 bits per heavy atom. The summed E-state index contributed by atoms with van der Waals surface area (Å²) < 4.78 is 52.1. The van der Waals surface area contributed by atoms with E-state index in [0.29, 0.717) is 25.5 Å². The number of rotatable bonds is 5. The van der Waals surface area contributed by atoms with Gasteiger partial charge in [0.2, 0.25) is 0 Å². The van der Waals surface area contributed by atoms with Gasteiger partial charge < -0.3 is 19.3 Å². The van der Waals surface area contributed by atoms with E-state index in [-0.39, 0.29) is 18.2 Å². The van der Waals surface area contributed by atoms with Crippen molar-refractivity contribution in [1.82, 2.24) is 14.9 Å². The van der Waals surface area contributed by atoms with Crippen LogP contribution in [0.3, 0.4) is 0 Å². The van der Waals surface area contributed by atoms with Crippen LogP contribution in [0.4, 0.5) is 24.7 Å². The lowest BCUT2D eigenvalue weighted by atomic mass is 9.95. The summed E-state index contributed by atoms with van der Waals surface area (Å²) in [5.74, 6) is 1.47.